The Kier molecular flexibility index (Phi) is 4.27. The van der Waals surface area contributed by atoms with Crippen LogP contribution in [-0.2, 0) is 6.61 Å². The smallest absolute Gasteiger partial charge is 0.125 e. The van der Waals surface area contributed by atoms with E-state index in [-0.39, 0.29) is 0 Å². The van der Waals surface area contributed by atoms with Gasteiger partial charge in [-0.25, -0.2) is 0 Å². The van der Waals surface area contributed by atoms with Gasteiger partial charge in [0.25, 0.3) is 0 Å². The summed E-state index contributed by atoms with van der Waals surface area (Å²) in [7, 11) is 1.65. The summed E-state index contributed by atoms with van der Waals surface area (Å²) in [6, 6.07) is 13.5. The summed E-state index contributed by atoms with van der Waals surface area (Å²) in [5, 5.41) is 8.93. The summed E-state index contributed by atoms with van der Waals surface area (Å²) in [5.41, 5.74) is 3.76. The predicted molar refractivity (Wildman–Crippen MR) is 78.0 cm³/mol. The first-order valence-electron chi connectivity index (χ1n) is 6.41. The summed E-state index contributed by atoms with van der Waals surface area (Å²) in [5.74, 6) is 1.54. The first kappa shape index (κ1) is 14.0. The highest BCUT2D eigenvalue weighted by atomic mass is 16.5. The van der Waals surface area contributed by atoms with Crippen LogP contribution in [-0.4, -0.2) is 7.11 Å². The maximum absolute atomic E-state index is 8.93. The van der Waals surface area contributed by atoms with E-state index in [4.69, 9.17) is 14.7 Å². The minimum Gasteiger partial charge on any atom is -0.496 e. The van der Waals surface area contributed by atoms with Gasteiger partial charge in [-0.3, -0.25) is 0 Å². The average molecular weight is 267 g/mol. The summed E-state index contributed by atoms with van der Waals surface area (Å²) >= 11 is 0. The van der Waals surface area contributed by atoms with Crippen LogP contribution < -0.4 is 9.47 Å². The zero-order chi connectivity index (χ0) is 14.5. The molecule has 0 radical (unpaired) electrons. The quantitative estimate of drug-likeness (QED) is 0.847. The first-order valence-corrected chi connectivity index (χ1v) is 6.41. The van der Waals surface area contributed by atoms with E-state index in [2.05, 4.69) is 6.07 Å². The molecule has 102 valence electrons. The Balaban J connectivity index is 2.21. The Morgan fingerprint density at radius 1 is 1.05 bits per heavy atom. The van der Waals surface area contributed by atoms with Crippen LogP contribution in [0.5, 0.6) is 11.5 Å². The zero-order valence-corrected chi connectivity index (χ0v) is 11.9. The number of hydrogen-bond donors (Lipinski definition) is 0. The fraction of sp³-hybridized carbons (Fsp3) is 0.235. The van der Waals surface area contributed by atoms with Crippen LogP contribution in [0.2, 0.25) is 0 Å². The van der Waals surface area contributed by atoms with Gasteiger partial charge in [-0.2, -0.15) is 5.26 Å². The molecule has 0 heterocycles. The molecule has 2 aromatic rings. The number of methoxy groups -OCH3 is 1. The molecule has 0 aromatic heterocycles. The molecule has 0 unspecified atom stereocenters. The fourth-order valence-electron chi connectivity index (χ4n) is 2.00. The van der Waals surface area contributed by atoms with E-state index in [0.717, 1.165) is 28.2 Å². The highest BCUT2D eigenvalue weighted by molar-refractivity contribution is 5.42. The van der Waals surface area contributed by atoms with Crippen molar-refractivity contribution in [2.24, 2.45) is 0 Å². The predicted octanol–water partition coefficient (Wildman–Crippen LogP) is 3.76. The van der Waals surface area contributed by atoms with Gasteiger partial charge in [0.15, 0.2) is 0 Å². The highest BCUT2D eigenvalue weighted by Crippen LogP contribution is 2.24. The molecule has 0 saturated heterocycles. The molecule has 0 amide bonds. The number of aryl methyl sites for hydroxylation is 2. The third-order valence-corrected chi connectivity index (χ3v) is 3.14. The van der Waals surface area contributed by atoms with Crippen LogP contribution in [0.4, 0.5) is 0 Å². The van der Waals surface area contributed by atoms with Gasteiger partial charge in [0.05, 0.1) is 18.7 Å². The lowest BCUT2D eigenvalue weighted by atomic mass is 10.1. The van der Waals surface area contributed by atoms with Gasteiger partial charge in [-0.05, 0) is 43.7 Å². The highest BCUT2D eigenvalue weighted by Gasteiger charge is 2.06. The molecular formula is C17H17NO2. The van der Waals surface area contributed by atoms with Crippen LogP contribution in [0.15, 0.2) is 36.4 Å². The molecule has 0 aliphatic rings. The van der Waals surface area contributed by atoms with Gasteiger partial charge in [-0.1, -0.05) is 17.7 Å². The van der Waals surface area contributed by atoms with E-state index in [1.54, 1.807) is 19.2 Å². The molecular weight excluding hydrogens is 250 g/mol. The van der Waals surface area contributed by atoms with Gasteiger partial charge in [0, 0.05) is 5.56 Å². The van der Waals surface area contributed by atoms with Crippen molar-refractivity contribution in [3.8, 4) is 17.6 Å². The number of nitrogens with zero attached hydrogens (tertiary/aromatic N) is 1. The number of rotatable bonds is 4. The molecule has 0 bridgehead atoms. The van der Waals surface area contributed by atoms with Gasteiger partial charge in [-0.15, -0.1) is 0 Å². The van der Waals surface area contributed by atoms with Crippen LogP contribution >= 0.6 is 0 Å². The molecule has 0 aliphatic carbocycles. The number of hydrogen-bond acceptors (Lipinski definition) is 3. The summed E-state index contributed by atoms with van der Waals surface area (Å²) in [4.78, 5) is 0. The minimum absolute atomic E-state index is 0.417. The number of nitriles is 1. The first-order chi connectivity index (χ1) is 9.63. The lowest BCUT2D eigenvalue weighted by Crippen LogP contribution is -2.00. The van der Waals surface area contributed by atoms with Crippen molar-refractivity contribution in [1.29, 1.82) is 5.26 Å². The Hall–Kier alpha value is -2.47. The molecule has 0 fully saturated rings. The standard InChI is InChI=1S/C17H17NO2/c1-12-4-7-16(19-3)15(8-12)11-20-17-9-14(10-18)6-5-13(17)2/h4-9H,11H2,1-3H3. The van der Waals surface area contributed by atoms with Crippen LogP contribution in [0, 0.1) is 25.2 Å². The Bertz CT molecular complexity index is 655. The third kappa shape index (κ3) is 3.10. The van der Waals surface area contributed by atoms with E-state index in [1.807, 2.05) is 38.1 Å². The Labute approximate surface area is 119 Å². The third-order valence-electron chi connectivity index (χ3n) is 3.14. The molecule has 0 saturated carbocycles. The maximum atomic E-state index is 8.93. The van der Waals surface area contributed by atoms with Crippen LogP contribution in [0.25, 0.3) is 0 Å². The Morgan fingerprint density at radius 2 is 1.85 bits per heavy atom. The molecule has 0 atom stereocenters. The molecule has 3 nitrogen and oxygen atoms in total. The molecule has 20 heavy (non-hydrogen) atoms. The molecule has 0 spiro atoms. The van der Waals surface area contributed by atoms with Crippen molar-refractivity contribution in [2.75, 3.05) is 7.11 Å². The van der Waals surface area contributed by atoms with Crippen molar-refractivity contribution in [3.63, 3.8) is 0 Å². The number of ether oxygens (including phenoxy) is 2. The summed E-state index contributed by atoms with van der Waals surface area (Å²) in [6.45, 7) is 4.41. The summed E-state index contributed by atoms with van der Waals surface area (Å²) < 4.78 is 11.2. The van der Waals surface area contributed by atoms with Crippen molar-refractivity contribution < 1.29 is 9.47 Å². The number of benzene rings is 2. The van der Waals surface area contributed by atoms with Crippen LogP contribution in [0.3, 0.4) is 0 Å². The lowest BCUT2D eigenvalue weighted by molar-refractivity contribution is 0.294. The molecule has 2 rings (SSSR count). The largest absolute Gasteiger partial charge is 0.496 e. The van der Waals surface area contributed by atoms with E-state index in [1.165, 1.54) is 0 Å². The topological polar surface area (TPSA) is 42.2 Å². The molecule has 3 heteroatoms. The van der Waals surface area contributed by atoms with Gasteiger partial charge in [0.1, 0.15) is 18.1 Å². The zero-order valence-electron chi connectivity index (χ0n) is 11.9. The maximum Gasteiger partial charge on any atom is 0.125 e. The molecule has 0 aliphatic heterocycles. The van der Waals surface area contributed by atoms with E-state index in [9.17, 15) is 0 Å². The second kappa shape index (κ2) is 6.12. The van der Waals surface area contributed by atoms with Crippen molar-refractivity contribution >= 4 is 0 Å². The minimum atomic E-state index is 0.417. The van der Waals surface area contributed by atoms with Gasteiger partial charge in [0.2, 0.25) is 0 Å². The monoisotopic (exact) mass is 267 g/mol. The SMILES string of the molecule is COc1ccc(C)cc1COc1cc(C#N)ccc1C. The van der Waals surface area contributed by atoms with Crippen molar-refractivity contribution in [1.82, 2.24) is 0 Å². The average Bonchev–Trinajstić information content (AvgIpc) is 2.46. The van der Waals surface area contributed by atoms with Gasteiger partial charge >= 0.3 is 0 Å². The second-order valence-corrected chi connectivity index (χ2v) is 4.70. The molecule has 2 aromatic carbocycles. The Morgan fingerprint density at radius 3 is 2.55 bits per heavy atom. The van der Waals surface area contributed by atoms with E-state index >= 15 is 0 Å². The van der Waals surface area contributed by atoms with E-state index < -0.39 is 0 Å². The lowest BCUT2D eigenvalue weighted by Gasteiger charge is -2.12. The normalized spacial score (nSPS) is 9.90. The second-order valence-electron chi connectivity index (χ2n) is 4.70. The molecule has 0 N–H and O–H groups in total. The summed E-state index contributed by atoms with van der Waals surface area (Å²) in [6.07, 6.45) is 0. The fourth-order valence-corrected chi connectivity index (χ4v) is 2.00. The van der Waals surface area contributed by atoms with E-state index in [0.29, 0.717) is 12.2 Å². The van der Waals surface area contributed by atoms with Gasteiger partial charge < -0.3 is 9.47 Å². The van der Waals surface area contributed by atoms with Crippen LogP contribution in [0.1, 0.15) is 22.3 Å². The van der Waals surface area contributed by atoms with Crippen molar-refractivity contribution in [3.05, 3.63) is 58.7 Å². The van der Waals surface area contributed by atoms with Crippen molar-refractivity contribution in [2.45, 2.75) is 20.5 Å².